The Balaban J connectivity index is 3.01. The molecule has 0 atom stereocenters. The third-order valence-electron chi connectivity index (χ3n) is 1.62. The average Bonchev–Trinajstić information content (AvgIpc) is 2.28. The Bertz CT molecular complexity index is 262. The van der Waals surface area contributed by atoms with Crippen molar-refractivity contribution >= 4 is 0 Å². The Hall–Kier alpha value is -0.930. The van der Waals surface area contributed by atoms with Crippen LogP contribution in [0.5, 0.6) is 0 Å². The van der Waals surface area contributed by atoms with Gasteiger partial charge in [-0.25, -0.2) is 0 Å². The fraction of sp³-hybridized carbons (Fsp3) is 0.556. The van der Waals surface area contributed by atoms with E-state index in [1.54, 1.807) is 20.8 Å². The van der Waals surface area contributed by atoms with Crippen molar-refractivity contribution < 1.29 is 17.6 Å². The first-order chi connectivity index (χ1) is 5.71. The third-order valence-corrected chi connectivity index (χ3v) is 1.62. The molecule has 1 aromatic rings. The molecule has 1 heterocycles. The molecule has 0 unspecified atom stereocenters. The van der Waals surface area contributed by atoms with Crippen LogP contribution < -0.4 is 0 Å². The number of halogens is 3. The molecule has 0 saturated heterocycles. The summed E-state index contributed by atoms with van der Waals surface area (Å²) in [6.07, 6.45) is -4.39. The molecule has 0 bridgehead atoms. The van der Waals surface area contributed by atoms with E-state index in [2.05, 4.69) is 4.42 Å². The fourth-order valence-corrected chi connectivity index (χ4v) is 0.893. The summed E-state index contributed by atoms with van der Waals surface area (Å²) in [5.41, 5.74) is -0.385. The van der Waals surface area contributed by atoms with Crippen LogP contribution >= 0.6 is 0 Å². The van der Waals surface area contributed by atoms with E-state index in [1.807, 2.05) is 0 Å². The van der Waals surface area contributed by atoms with Crippen molar-refractivity contribution in [3.8, 4) is 0 Å². The summed E-state index contributed by atoms with van der Waals surface area (Å²) in [7, 11) is 0. The molecule has 0 radical (unpaired) electrons. The van der Waals surface area contributed by atoms with Crippen LogP contribution in [0.4, 0.5) is 13.2 Å². The maximum absolute atomic E-state index is 12.1. The summed E-state index contributed by atoms with van der Waals surface area (Å²) < 4.78 is 41.0. The van der Waals surface area contributed by atoms with Gasteiger partial charge in [-0.2, -0.15) is 13.2 Å². The molecule has 4 heteroatoms. The summed E-state index contributed by atoms with van der Waals surface area (Å²) in [6, 6.07) is 2.32. The second-order valence-electron chi connectivity index (χ2n) is 3.91. The molecule has 0 saturated carbocycles. The lowest BCUT2D eigenvalue weighted by Gasteiger charge is -2.14. The van der Waals surface area contributed by atoms with Gasteiger partial charge in [-0.15, -0.1) is 0 Å². The highest BCUT2D eigenvalue weighted by atomic mass is 19.4. The van der Waals surface area contributed by atoms with Crippen LogP contribution in [-0.2, 0) is 11.6 Å². The lowest BCUT2D eigenvalue weighted by molar-refractivity contribution is -0.153. The predicted molar refractivity (Wildman–Crippen MR) is 42.4 cm³/mol. The molecule has 1 nitrogen and oxygen atoms in total. The Kier molecular flexibility index (Phi) is 2.18. The number of rotatable bonds is 0. The quantitative estimate of drug-likeness (QED) is 0.612. The SMILES string of the molecule is CC(C)(C)c1ccc(C(F)(F)F)o1. The highest BCUT2D eigenvalue weighted by Gasteiger charge is 2.35. The van der Waals surface area contributed by atoms with E-state index < -0.39 is 11.9 Å². The standard InChI is InChI=1S/C9H11F3O/c1-8(2,3)6-4-5-7(13-6)9(10,11)12/h4-5H,1-3H3. The van der Waals surface area contributed by atoms with E-state index >= 15 is 0 Å². The van der Waals surface area contributed by atoms with E-state index in [-0.39, 0.29) is 5.41 Å². The van der Waals surface area contributed by atoms with E-state index in [4.69, 9.17) is 0 Å². The molecule has 0 amide bonds. The highest BCUT2D eigenvalue weighted by molar-refractivity contribution is 5.15. The molecule has 0 aliphatic carbocycles. The minimum Gasteiger partial charge on any atom is -0.456 e. The van der Waals surface area contributed by atoms with Crippen LogP contribution in [0.2, 0.25) is 0 Å². The zero-order valence-corrected chi connectivity index (χ0v) is 7.70. The zero-order valence-electron chi connectivity index (χ0n) is 7.70. The average molecular weight is 192 g/mol. The lowest BCUT2D eigenvalue weighted by atomic mass is 9.94. The second kappa shape index (κ2) is 2.79. The molecular formula is C9H11F3O. The Morgan fingerprint density at radius 2 is 1.46 bits per heavy atom. The maximum Gasteiger partial charge on any atom is 0.449 e. The first kappa shape index (κ1) is 10.2. The van der Waals surface area contributed by atoms with Crippen LogP contribution in [-0.4, -0.2) is 0 Å². The molecule has 1 rings (SSSR count). The van der Waals surface area contributed by atoms with Crippen molar-refractivity contribution in [2.75, 3.05) is 0 Å². The Morgan fingerprint density at radius 3 is 1.69 bits per heavy atom. The normalized spacial score (nSPS) is 13.4. The minimum absolute atomic E-state index is 0.347. The molecule has 13 heavy (non-hydrogen) atoms. The van der Waals surface area contributed by atoms with Crippen LogP contribution in [0, 0.1) is 0 Å². The van der Waals surface area contributed by atoms with Gasteiger partial charge < -0.3 is 4.42 Å². The van der Waals surface area contributed by atoms with Gasteiger partial charge in [0.05, 0.1) is 0 Å². The Morgan fingerprint density at radius 1 is 1.00 bits per heavy atom. The molecule has 0 fully saturated rings. The predicted octanol–water partition coefficient (Wildman–Crippen LogP) is 3.60. The molecule has 0 aliphatic rings. The summed E-state index contributed by atoms with van der Waals surface area (Å²) in [5, 5.41) is 0. The van der Waals surface area contributed by atoms with Gasteiger partial charge in [0.25, 0.3) is 0 Å². The van der Waals surface area contributed by atoms with Crippen molar-refractivity contribution in [2.45, 2.75) is 32.4 Å². The highest BCUT2D eigenvalue weighted by Crippen LogP contribution is 2.33. The summed E-state index contributed by atoms with van der Waals surface area (Å²) in [5.74, 6) is -0.586. The van der Waals surface area contributed by atoms with E-state index in [0.717, 1.165) is 6.07 Å². The number of alkyl halides is 3. The van der Waals surface area contributed by atoms with Crippen molar-refractivity contribution in [1.29, 1.82) is 0 Å². The number of hydrogen-bond donors (Lipinski definition) is 0. The van der Waals surface area contributed by atoms with Gasteiger partial charge in [0.2, 0.25) is 5.76 Å². The van der Waals surface area contributed by atoms with Gasteiger partial charge in [0.15, 0.2) is 0 Å². The molecule has 74 valence electrons. The Labute approximate surface area is 74.5 Å². The first-order valence-corrected chi connectivity index (χ1v) is 3.89. The molecular weight excluding hydrogens is 181 g/mol. The third kappa shape index (κ3) is 2.26. The second-order valence-corrected chi connectivity index (χ2v) is 3.91. The molecule has 1 aromatic heterocycles. The van der Waals surface area contributed by atoms with Crippen molar-refractivity contribution in [3.63, 3.8) is 0 Å². The van der Waals surface area contributed by atoms with Gasteiger partial charge in [-0.3, -0.25) is 0 Å². The van der Waals surface area contributed by atoms with Gasteiger partial charge in [-0.1, -0.05) is 20.8 Å². The van der Waals surface area contributed by atoms with Crippen LogP contribution in [0.25, 0.3) is 0 Å². The smallest absolute Gasteiger partial charge is 0.449 e. The van der Waals surface area contributed by atoms with E-state index in [1.165, 1.54) is 6.07 Å². The minimum atomic E-state index is -4.39. The molecule has 0 N–H and O–H groups in total. The number of hydrogen-bond acceptors (Lipinski definition) is 1. The van der Waals surface area contributed by atoms with E-state index in [9.17, 15) is 13.2 Å². The largest absolute Gasteiger partial charge is 0.456 e. The molecule has 0 spiro atoms. The summed E-state index contributed by atoms with van der Waals surface area (Å²) >= 11 is 0. The summed E-state index contributed by atoms with van der Waals surface area (Å²) in [4.78, 5) is 0. The fourth-order valence-electron chi connectivity index (χ4n) is 0.893. The topological polar surface area (TPSA) is 13.1 Å². The van der Waals surface area contributed by atoms with Crippen molar-refractivity contribution in [1.82, 2.24) is 0 Å². The van der Waals surface area contributed by atoms with Crippen LogP contribution in [0.15, 0.2) is 16.5 Å². The summed E-state index contributed by atoms with van der Waals surface area (Å²) in [6.45, 7) is 5.39. The van der Waals surface area contributed by atoms with Crippen LogP contribution in [0.1, 0.15) is 32.3 Å². The van der Waals surface area contributed by atoms with Gasteiger partial charge in [0.1, 0.15) is 5.76 Å². The lowest BCUT2D eigenvalue weighted by Crippen LogP contribution is -2.10. The van der Waals surface area contributed by atoms with E-state index in [0.29, 0.717) is 5.76 Å². The zero-order chi connectivity index (χ0) is 10.3. The monoisotopic (exact) mass is 192 g/mol. The van der Waals surface area contributed by atoms with Crippen LogP contribution in [0.3, 0.4) is 0 Å². The van der Waals surface area contributed by atoms with Gasteiger partial charge >= 0.3 is 6.18 Å². The first-order valence-electron chi connectivity index (χ1n) is 3.89. The maximum atomic E-state index is 12.1. The van der Waals surface area contributed by atoms with Gasteiger partial charge in [0, 0.05) is 5.41 Å². The van der Waals surface area contributed by atoms with Crippen molar-refractivity contribution in [3.05, 3.63) is 23.7 Å². The molecule has 0 aromatic carbocycles. The molecule has 0 aliphatic heterocycles. The van der Waals surface area contributed by atoms with Gasteiger partial charge in [-0.05, 0) is 12.1 Å². The van der Waals surface area contributed by atoms with Crippen molar-refractivity contribution in [2.24, 2.45) is 0 Å². The number of furan rings is 1.